The van der Waals surface area contributed by atoms with Crippen molar-refractivity contribution in [2.45, 2.75) is 29.8 Å². The number of thioether (sulfide) groups is 1. The van der Waals surface area contributed by atoms with Gasteiger partial charge in [0, 0.05) is 35.9 Å². The molecule has 11 nitrogen and oxygen atoms in total. The number of hydrogen-bond donors (Lipinski definition) is 4. The Morgan fingerprint density at radius 2 is 2.14 bits per heavy atom. The Balaban J connectivity index is 1.19. The predicted molar refractivity (Wildman–Crippen MR) is 133 cm³/mol. The van der Waals surface area contributed by atoms with Crippen LogP contribution in [0.2, 0.25) is 0 Å². The van der Waals surface area contributed by atoms with Gasteiger partial charge in [0.25, 0.3) is 0 Å². The molecule has 188 valence electrons. The number of anilines is 2. The molecule has 0 aliphatic carbocycles. The number of ether oxygens (including phenoxy) is 2. The summed E-state index contributed by atoms with van der Waals surface area (Å²) in [6.07, 6.45) is -2.35. The summed E-state index contributed by atoms with van der Waals surface area (Å²) in [6, 6.07) is 10.7. The molecule has 5 rings (SSSR count). The molecule has 1 fully saturated rings. The molecule has 2 aromatic heterocycles. The van der Waals surface area contributed by atoms with E-state index in [0.29, 0.717) is 40.6 Å². The van der Waals surface area contributed by atoms with Crippen LogP contribution in [0.25, 0.3) is 11.0 Å². The first-order valence-electron chi connectivity index (χ1n) is 11.3. The topological polar surface area (TPSA) is 146 Å². The highest BCUT2D eigenvalue weighted by molar-refractivity contribution is 8.00. The number of nitrogens with zero attached hydrogens (tertiary/aromatic N) is 3. The van der Waals surface area contributed by atoms with E-state index in [0.717, 1.165) is 10.5 Å². The maximum absolute atomic E-state index is 12.5. The molecule has 1 aromatic carbocycles. The van der Waals surface area contributed by atoms with Gasteiger partial charge in [-0.1, -0.05) is 0 Å². The molecule has 0 radical (unpaired) electrons. The van der Waals surface area contributed by atoms with Crippen LogP contribution in [0.4, 0.5) is 16.2 Å². The van der Waals surface area contributed by atoms with Crippen molar-refractivity contribution in [3.05, 3.63) is 48.2 Å². The molecule has 0 bridgehead atoms. The number of rotatable bonds is 8. The SMILES string of the molecule is COc1ccc2nccc(CNC[C@@H](O)[C@H](O)[C@H]3CN(c4ccc5c(c4)NC(=O)CS5)C(=O)O3)c2n1. The number of carbonyl (C=O) groups excluding carboxylic acids is 2. The maximum Gasteiger partial charge on any atom is 0.414 e. The fourth-order valence-corrected chi connectivity index (χ4v) is 4.94. The molecule has 4 heterocycles. The molecule has 4 N–H and O–H groups in total. The molecule has 3 aromatic rings. The van der Waals surface area contributed by atoms with E-state index in [1.165, 1.54) is 16.7 Å². The Hall–Kier alpha value is -3.45. The molecule has 12 heteroatoms. The first-order valence-corrected chi connectivity index (χ1v) is 12.3. The van der Waals surface area contributed by atoms with Gasteiger partial charge in [0.1, 0.15) is 6.10 Å². The Labute approximate surface area is 210 Å². The largest absolute Gasteiger partial charge is 0.481 e. The van der Waals surface area contributed by atoms with Crippen LogP contribution in [0.5, 0.6) is 5.88 Å². The van der Waals surface area contributed by atoms with Crippen molar-refractivity contribution in [3.8, 4) is 5.88 Å². The first-order chi connectivity index (χ1) is 17.4. The van der Waals surface area contributed by atoms with Gasteiger partial charge in [-0.15, -0.1) is 11.8 Å². The van der Waals surface area contributed by atoms with E-state index >= 15 is 0 Å². The van der Waals surface area contributed by atoms with Gasteiger partial charge in [0.15, 0.2) is 6.10 Å². The fourth-order valence-electron chi connectivity index (χ4n) is 4.15. The van der Waals surface area contributed by atoms with Crippen LogP contribution in [0.3, 0.4) is 0 Å². The van der Waals surface area contributed by atoms with Gasteiger partial charge in [0.2, 0.25) is 11.8 Å². The highest BCUT2D eigenvalue weighted by atomic mass is 32.2. The van der Waals surface area contributed by atoms with Crippen molar-refractivity contribution in [2.75, 3.05) is 36.2 Å². The normalized spacial score (nSPS) is 19.0. The third-order valence-corrected chi connectivity index (χ3v) is 7.11. The zero-order chi connectivity index (χ0) is 25.2. The Bertz CT molecular complexity index is 1310. The second kappa shape index (κ2) is 10.3. The number of aliphatic hydroxyl groups is 2. The van der Waals surface area contributed by atoms with Crippen LogP contribution in [0.1, 0.15) is 5.56 Å². The van der Waals surface area contributed by atoms with Crippen LogP contribution in [0.15, 0.2) is 47.5 Å². The van der Waals surface area contributed by atoms with Gasteiger partial charge in [-0.25, -0.2) is 9.78 Å². The Morgan fingerprint density at radius 3 is 2.97 bits per heavy atom. The van der Waals surface area contributed by atoms with E-state index < -0.39 is 24.4 Å². The molecule has 0 spiro atoms. The second-order valence-corrected chi connectivity index (χ2v) is 9.45. The quantitative estimate of drug-likeness (QED) is 0.351. The van der Waals surface area contributed by atoms with Crippen LogP contribution in [0, 0.1) is 0 Å². The van der Waals surface area contributed by atoms with E-state index in [1.54, 1.807) is 31.5 Å². The molecular weight excluding hydrogens is 486 g/mol. The number of methoxy groups -OCH3 is 1. The molecule has 0 unspecified atom stereocenters. The highest BCUT2D eigenvalue weighted by Gasteiger charge is 2.39. The lowest BCUT2D eigenvalue weighted by Gasteiger charge is -2.23. The van der Waals surface area contributed by atoms with E-state index in [-0.39, 0.29) is 19.0 Å². The number of fused-ring (bicyclic) bond motifs is 2. The maximum atomic E-state index is 12.5. The van der Waals surface area contributed by atoms with Crippen LogP contribution in [-0.4, -0.2) is 76.4 Å². The van der Waals surface area contributed by atoms with E-state index in [1.807, 2.05) is 18.2 Å². The average molecular weight is 512 g/mol. The molecule has 2 aliphatic rings. The van der Waals surface area contributed by atoms with E-state index in [2.05, 4.69) is 20.6 Å². The minimum Gasteiger partial charge on any atom is -0.481 e. The van der Waals surface area contributed by atoms with Gasteiger partial charge in [0.05, 0.1) is 42.2 Å². The number of nitrogens with one attached hydrogen (secondary N) is 2. The number of aromatic nitrogens is 2. The lowest BCUT2D eigenvalue weighted by atomic mass is 10.1. The minimum atomic E-state index is -1.30. The summed E-state index contributed by atoms with van der Waals surface area (Å²) in [5, 5.41) is 27.1. The number of cyclic esters (lactones) is 1. The number of hydrogen-bond acceptors (Lipinski definition) is 10. The molecule has 0 saturated carbocycles. The monoisotopic (exact) mass is 511 g/mol. The third-order valence-electron chi connectivity index (χ3n) is 6.04. The van der Waals surface area contributed by atoms with Crippen LogP contribution < -0.4 is 20.3 Å². The van der Waals surface area contributed by atoms with Crippen molar-refractivity contribution in [2.24, 2.45) is 0 Å². The van der Waals surface area contributed by atoms with Crippen LogP contribution in [-0.2, 0) is 16.1 Å². The Kier molecular flexibility index (Phi) is 6.92. The van der Waals surface area contributed by atoms with Gasteiger partial charge in [-0.05, 0) is 35.9 Å². The number of pyridine rings is 2. The molecular formula is C24H25N5O6S. The van der Waals surface area contributed by atoms with Crippen molar-refractivity contribution in [1.29, 1.82) is 0 Å². The summed E-state index contributed by atoms with van der Waals surface area (Å²) in [7, 11) is 1.54. The summed E-state index contributed by atoms with van der Waals surface area (Å²) in [4.78, 5) is 35.2. The lowest BCUT2D eigenvalue weighted by Crippen LogP contribution is -2.44. The van der Waals surface area contributed by atoms with Gasteiger partial charge in [-0.2, -0.15) is 0 Å². The first kappa shape index (κ1) is 24.3. The van der Waals surface area contributed by atoms with E-state index in [9.17, 15) is 19.8 Å². The number of amides is 2. The zero-order valence-corrected chi connectivity index (χ0v) is 20.2. The molecule has 36 heavy (non-hydrogen) atoms. The predicted octanol–water partition coefficient (Wildman–Crippen LogP) is 1.52. The number of benzene rings is 1. The third kappa shape index (κ3) is 4.93. The summed E-state index contributed by atoms with van der Waals surface area (Å²) < 4.78 is 10.5. The standard InChI is InChI=1S/C24H25N5O6S/c1-34-21-5-3-15-22(28-21)13(6-7-26-15)9-25-10-17(30)23(32)18-11-29(24(33)35-18)14-2-4-19-16(8-14)27-20(31)12-36-19/h2-8,17-18,23,25,30,32H,9-12H2,1H3,(H,27,31)/t17-,18-,23+/m1/s1. The minimum absolute atomic E-state index is 0.0606. The fraction of sp³-hybridized carbons (Fsp3) is 0.333. The Morgan fingerprint density at radius 1 is 1.28 bits per heavy atom. The van der Waals surface area contributed by atoms with Crippen molar-refractivity contribution < 1.29 is 29.3 Å². The van der Waals surface area contributed by atoms with Gasteiger partial charge < -0.3 is 30.3 Å². The number of aliphatic hydroxyl groups excluding tert-OH is 2. The summed E-state index contributed by atoms with van der Waals surface area (Å²) >= 11 is 1.43. The summed E-state index contributed by atoms with van der Waals surface area (Å²) in [5.74, 6) is 0.715. The van der Waals surface area contributed by atoms with Crippen LogP contribution >= 0.6 is 11.8 Å². The van der Waals surface area contributed by atoms with Crippen molar-refractivity contribution in [3.63, 3.8) is 0 Å². The number of carbonyl (C=O) groups is 2. The highest BCUT2D eigenvalue weighted by Crippen LogP contribution is 2.35. The summed E-state index contributed by atoms with van der Waals surface area (Å²) in [5.41, 5.74) is 3.42. The molecule has 2 amide bonds. The lowest BCUT2D eigenvalue weighted by molar-refractivity contribution is -0.113. The summed E-state index contributed by atoms with van der Waals surface area (Å²) in [6.45, 7) is 0.499. The zero-order valence-electron chi connectivity index (χ0n) is 19.4. The molecule has 2 aliphatic heterocycles. The molecule has 3 atom stereocenters. The van der Waals surface area contributed by atoms with Gasteiger partial charge >= 0.3 is 6.09 Å². The second-order valence-electron chi connectivity index (χ2n) is 8.43. The van der Waals surface area contributed by atoms with Crippen molar-refractivity contribution >= 4 is 46.2 Å². The van der Waals surface area contributed by atoms with Gasteiger partial charge in [-0.3, -0.25) is 14.7 Å². The van der Waals surface area contributed by atoms with Crippen molar-refractivity contribution in [1.82, 2.24) is 15.3 Å². The molecule has 1 saturated heterocycles. The van der Waals surface area contributed by atoms with E-state index in [4.69, 9.17) is 9.47 Å². The average Bonchev–Trinajstić information content (AvgIpc) is 3.28. The smallest absolute Gasteiger partial charge is 0.414 e.